The number of aliphatic hydroxyl groups is 1. The van der Waals surface area contributed by atoms with Crippen molar-refractivity contribution in [2.75, 3.05) is 0 Å². The average Bonchev–Trinajstić information content (AvgIpc) is 1.61. The first kappa shape index (κ1) is 7.66. The first-order valence-corrected chi connectivity index (χ1v) is 2.75. The molecule has 0 aliphatic heterocycles. The quantitative estimate of drug-likeness (QED) is 0.507. The zero-order valence-corrected chi connectivity index (χ0v) is 5.33. The van der Waals surface area contributed by atoms with Gasteiger partial charge in [0.05, 0.1) is 6.10 Å². The van der Waals surface area contributed by atoms with Crippen LogP contribution in [0.4, 0.5) is 0 Å². The van der Waals surface area contributed by atoms with Gasteiger partial charge in [-0.05, 0) is 13.8 Å². The first-order valence-electron chi connectivity index (χ1n) is 2.75. The summed E-state index contributed by atoms with van der Waals surface area (Å²) in [6, 6.07) is 0.0459. The van der Waals surface area contributed by atoms with Crippen LogP contribution in [-0.4, -0.2) is 17.3 Å². The molecule has 3 N–H and O–H groups in total. The Morgan fingerprint density at radius 3 is 2.00 bits per heavy atom. The third-order valence-electron chi connectivity index (χ3n) is 0.693. The largest absolute Gasteiger partial charge is 0.389 e. The molecule has 0 aromatic heterocycles. The van der Waals surface area contributed by atoms with Crippen LogP contribution < -0.4 is 5.73 Å². The second-order valence-corrected chi connectivity index (χ2v) is 1.98. The molecule has 0 heterocycles. The van der Waals surface area contributed by atoms with E-state index in [4.69, 9.17) is 10.8 Å². The predicted octanol–water partition coefficient (Wildman–Crippen LogP) is 0.271. The summed E-state index contributed by atoms with van der Waals surface area (Å²) in [4.78, 5) is 0. The van der Waals surface area contributed by atoms with Gasteiger partial charge in [0.1, 0.15) is 0 Å². The topological polar surface area (TPSA) is 46.2 Å². The van der Waals surface area contributed by atoms with Crippen LogP contribution in [0.25, 0.3) is 0 Å². The van der Waals surface area contributed by atoms with Gasteiger partial charge in [-0.3, -0.25) is 0 Å². The maximum Gasteiger partial charge on any atom is 0.0693 e. The van der Waals surface area contributed by atoms with E-state index in [9.17, 15) is 0 Å². The summed E-state index contributed by atoms with van der Waals surface area (Å²) >= 11 is 0. The van der Waals surface area contributed by atoms with E-state index >= 15 is 0 Å². The standard InChI is InChI=1S/C6H13NO/c1-5(7)3-4-6(2)8/h3-6,8H,7H2,1-2H3/b4-3-/t5-,6-/m0/s1. The Bertz CT molecular complexity index is 66.6. The van der Waals surface area contributed by atoms with Crippen LogP contribution in [0.1, 0.15) is 13.8 Å². The summed E-state index contributed by atoms with van der Waals surface area (Å²) in [5.41, 5.74) is 5.34. The fourth-order valence-corrected chi connectivity index (χ4v) is 0.336. The van der Waals surface area contributed by atoms with Crippen molar-refractivity contribution in [3.05, 3.63) is 12.2 Å². The highest BCUT2D eigenvalue weighted by Gasteiger charge is 1.86. The Labute approximate surface area is 50.0 Å². The van der Waals surface area contributed by atoms with Crippen molar-refractivity contribution in [1.29, 1.82) is 0 Å². The SMILES string of the molecule is C[C@H](N)/C=C\[C@H](C)O. The fraction of sp³-hybridized carbons (Fsp3) is 0.667. The fourth-order valence-electron chi connectivity index (χ4n) is 0.336. The normalized spacial score (nSPS) is 19.0. The van der Waals surface area contributed by atoms with Crippen LogP contribution in [0.2, 0.25) is 0 Å². The molecule has 0 spiro atoms. The van der Waals surface area contributed by atoms with Crippen molar-refractivity contribution >= 4 is 0 Å². The molecule has 48 valence electrons. The van der Waals surface area contributed by atoms with E-state index in [1.807, 2.05) is 6.92 Å². The smallest absolute Gasteiger partial charge is 0.0693 e. The molecule has 0 aromatic rings. The van der Waals surface area contributed by atoms with Gasteiger partial charge in [-0.1, -0.05) is 12.2 Å². The van der Waals surface area contributed by atoms with Crippen molar-refractivity contribution < 1.29 is 5.11 Å². The molecule has 2 heteroatoms. The minimum atomic E-state index is -0.374. The number of hydrogen-bond acceptors (Lipinski definition) is 2. The van der Waals surface area contributed by atoms with Crippen molar-refractivity contribution in [2.45, 2.75) is 26.0 Å². The molecule has 0 radical (unpaired) electrons. The molecule has 0 saturated carbocycles. The molecular formula is C6H13NO. The Balaban J connectivity index is 3.34. The summed E-state index contributed by atoms with van der Waals surface area (Å²) in [5, 5.41) is 8.66. The monoisotopic (exact) mass is 115 g/mol. The minimum Gasteiger partial charge on any atom is -0.389 e. The van der Waals surface area contributed by atoms with E-state index in [0.717, 1.165) is 0 Å². The lowest BCUT2D eigenvalue weighted by atomic mass is 10.3. The molecule has 0 saturated heterocycles. The molecule has 8 heavy (non-hydrogen) atoms. The zero-order valence-electron chi connectivity index (χ0n) is 5.33. The lowest BCUT2D eigenvalue weighted by Gasteiger charge is -1.95. The van der Waals surface area contributed by atoms with Crippen molar-refractivity contribution in [3.63, 3.8) is 0 Å². The number of nitrogens with two attached hydrogens (primary N) is 1. The third-order valence-corrected chi connectivity index (χ3v) is 0.693. The lowest BCUT2D eigenvalue weighted by molar-refractivity contribution is 0.243. The Morgan fingerprint density at radius 2 is 1.88 bits per heavy atom. The molecule has 0 aliphatic rings. The highest BCUT2D eigenvalue weighted by molar-refractivity contribution is 4.91. The van der Waals surface area contributed by atoms with Crippen LogP contribution in [0, 0.1) is 0 Å². The van der Waals surface area contributed by atoms with Gasteiger partial charge in [0.25, 0.3) is 0 Å². The van der Waals surface area contributed by atoms with Gasteiger partial charge in [-0.2, -0.15) is 0 Å². The summed E-state index contributed by atoms with van der Waals surface area (Å²) in [6.07, 6.45) is 3.07. The van der Waals surface area contributed by atoms with Crippen LogP contribution in [-0.2, 0) is 0 Å². The molecule has 0 amide bonds. The van der Waals surface area contributed by atoms with Gasteiger partial charge in [0, 0.05) is 6.04 Å². The van der Waals surface area contributed by atoms with Gasteiger partial charge in [-0.15, -0.1) is 0 Å². The molecular weight excluding hydrogens is 102 g/mol. The van der Waals surface area contributed by atoms with E-state index < -0.39 is 0 Å². The summed E-state index contributed by atoms with van der Waals surface area (Å²) < 4.78 is 0. The highest BCUT2D eigenvalue weighted by atomic mass is 16.3. The Kier molecular flexibility index (Phi) is 3.48. The Morgan fingerprint density at radius 1 is 1.38 bits per heavy atom. The maximum atomic E-state index is 8.66. The maximum absolute atomic E-state index is 8.66. The minimum absolute atomic E-state index is 0.0459. The second-order valence-electron chi connectivity index (χ2n) is 1.98. The van der Waals surface area contributed by atoms with Gasteiger partial charge in [-0.25, -0.2) is 0 Å². The summed E-state index contributed by atoms with van der Waals surface area (Å²) in [6.45, 7) is 3.55. The highest BCUT2D eigenvalue weighted by Crippen LogP contribution is 1.84. The van der Waals surface area contributed by atoms with Gasteiger partial charge in [0.15, 0.2) is 0 Å². The van der Waals surface area contributed by atoms with Crippen LogP contribution in [0.5, 0.6) is 0 Å². The summed E-state index contributed by atoms with van der Waals surface area (Å²) in [5.74, 6) is 0. The molecule has 0 aliphatic carbocycles. The van der Waals surface area contributed by atoms with E-state index in [-0.39, 0.29) is 12.1 Å². The van der Waals surface area contributed by atoms with Crippen LogP contribution in [0.3, 0.4) is 0 Å². The molecule has 0 fully saturated rings. The molecule has 0 rings (SSSR count). The second kappa shape index (κ2) is 3.64. The van der Waals surface area contributed by atoms with Crippen LogP contribution in [0.15, 0.2) is 12.2 Å². The number of aliphatic hydroxyl groups excluding tert-OH is 1. The third kappa shape index (κ3) is 5.66. The van der Waals surface area contributed by atoms with E-state index in [0.29, 0.717) is 0 Å². The molecule has 2 nitrogen and oxygen atoms in total. The van der Waals surface area contributed by atoms with Crippen molar-refractivity contribution in [1.82, 2.24) is 0 Å². The number of rotatable bonds is 2. The predicted molar refractivity (Wildman–Crippen MR) is 34.5 cm³/mol. The lowest BCUT2D eigenvalue weighted by Crippen LogP contribution is -2.11. The van der Waals surface area contributed by atoms with Crippen molar-refractivity contribution in [2.24, 2.45) is 5.73 Å². The molecule has 0 aromatic carbocycles. The molecule has 0 bridgehead atoms. The number of hydrogen-bond donors (Lipinski definition) is 2. The van der Waals surface area contributed by atoms with Gasteiger partial charge in [0.2, 0.25) is 0 Å². The summed E-state index contributed by atoms with van der Waals surface area (Å²) in [7, 11) is 0. The van der Waals surface area contributed by atoms with Gasteiger partial charge < -0.3 is 10.8 Å². The molecule has 2 atom stereocenters. The first-order chi connectivity index (χ1) is 3.63. The molecule has 0 unspecified atom stereocenters. The average molecular weight is 115 g/mol. The van der Waals surface area contributed by atoms with E-state index in [2.05, 4.69) is 0 Å². The van der Waals surface area contributed by atoms with Crippen LogP contribution >= 0.6 is 0 Å². The Hall–Kier alpha value is -0.340. The zero-order chi connectivity index (χ0) is 6.57. The van der Waals surface area contributed by atoms with E-state index in [1.54, 1.807) is 19.1 Å². The van der Waals surface area contributed by atoms with Gasteiger partial charge >= 0.3 is 0 Å². The van der Waals surface area contributed by atoms with E-state index in [1.165, 1.54) is 0 Å². The van der Waals surface area contributed by atoms with Crippen molar-refractivity contribution in [3.8, 4) is 0 Å².